The monoisotopic (exact) mass is 287 g/mol. The highest BCUT2D eigenvalue weighted by Crippen LogP contribution is 2.26. The van der Waals surface area contributed by atoms with Crippen LogP contribution in [0, 0.1) is 0 Å². The van der Waals surface area contributed by atoms with Crippen LogP contribution >= 0.6 is 0 Å². The molecule has 0 aromatic heterocycles. The van der Waals surface area contributed by atoms with Crippen LogP contribution in [0.2, 0.25) is 0 Å². The first-order valence-electron chi connectivity index (χ1n) is 6.24. The maximum atomic E-state index is 12.6. The standard InChI is InChI=1S/C13H21NO4S/c1-4-11(2)14(9-10-18-3)19(16,17)13-8-6-5-7-12(13)15/h5-8,11,15H,4,9-10H2,1-3H3. The van der Waals surface area contributed by atoms with Crippen molar-refractivity contribution in [2.75, 3.05) is 20.3 Å². The lowest BCUT2D eigenvalue weighted by Gasteiger charge is -2.27. The maximum absolute atomic E-state index is 12.6. The van der Waals surface area contributed by atoms with Crippen molar-refractivity contribution in [2.45, 2.75) is 31.2 Å². The van der Waals surface area contributed by atoms with E-state index in [0.717, 1.165) is 0 Å². The maximum Gasteiger partial charge on any atom is 0.247 e. The molecule has 0 heterocycles. The first-order chi connectivity index (χ1) is 8.95. The predicted octanol–water partition coefficient (Wildman–Crippen LogP) is 1.83. The number of para-hydroxylation sites is 1. The number of phenolic OH excluding ortho intramolecular Hbond substituents is 1. The van der Waals surface area contributed by atoms with Crippen LogP contribution in [0.3, 0.4) is 0 Å². The molecule has 0 aliphatic rings. The topological polar surface area (TPSA) is 66.8 Å². The summed E-state index contributed by atoms with van der Waals surface area (Å²) in [6.07, 6.45) is 0.691. The Balaban J connectivity index is 3.16. The zero-order valence-corrected chi connectivity index (χ0v) is 12.4. The fraction of sp³-hybridized carbons (Fsp3) is 0.538. The summed E-state index contributed by atoms with van der Waals surface area (Å²) in [7, 11) is -2.18. The van der Waals surface area contributed by atoms with Crippen LogP contribution in [0.15, 0.2) is 29.2 Å². The van der Waals surface area contributed by atoms with Gasteiger partial charge in [-0.3, -0.25) is 0 Å². The second kappa shape index (κ2) is 6.88. The van der Waals surface area contributed by atoms with Crippen LogP contribution in [-0.4, -0.2) is 44.1 Å². The molecule has 19 heavy (non-hydrogen) atoms. The minimum absolute atomic E-state index is 0.0635. The van der Waals surface area contributed by atoms with Crippen molar-refractivity contribution in [3.63, 3.8) is 0 Å². The molecule has 0 bridgehead atoms. The fourth-order valence-electron chi connectivity index (χ4n) is 1.76. The van der Waals surface area contributed by atoms with Gasteiger partial charge in [0.05, 0.1) is 6.61 Å². The van der Waals surface area contributed by atoms with E-state index in [0.29, 0.717) is 13.0 Å². The van der Waals surface area contributed by atoms with Crippen molar-refractivity contribution in [1.82, 2.24) is 4.31 Å². The highest BCUT2D eigenvalue weighted by Gasteiger charge is 2.29. The van der Waals surface area contributed by atoms with Crippen LogP contribution in [0.25, 0.3) is 0 Å². The van der Waals surface area contributed by atoms with Crippen molar-refractivity contribution in [1.29, 1.82) is 0 Å². The van der Waals surface area contributed by atoms with E-state index < -0.39 is 10.0 Å². The summed E-state index contributed by atoms with van der Waals surface area (Å²) >= 11 is 0. The number of aromatic hydroxyl groups is 1. The van der Waals surface area contributed by atoms with E-state index in [-0.39, 0.29) is 23.2 Å². The van der Waals surface area contributed by atoms with E-state index in [2.05, 4.69) is 0 Å². The summed E-state index contributed by atoms with van der Waals surface area (Å²) in [5, 5.41) is 9.74. The smallest absolute Gasteiger partial charge is 0.247 e. The number of hydrogen-bond acceptors (Lipinski definition) is 4. The summed E-state index contributed by atoms with van der Waals surface area (Å²) in [5.41, 5.74) is 0. The first kappa shape index (κ1) is 15.9. The third-order valence-corrected chi connectivity index (χ3v) is 5.11. The molecular weight excluding hydrogens is 266 g/mol. The van der Waals surface area contributed by atoms with E-state index >= 15 is 0 Å². The lowest BCUT2D eigenvalue weighted by atomic mass is 10.3. The van der Waals surface area contributed by atoms with Crippen molar-refractivity contribution >= 4 is 10.0 Å². The minimum atomic E-state index is -3.71. The van der Waals surface area contributed by atoms with Gasteiger partial charge in [-0.25, -0.2) is 8.42 Å². The van der Waals surface area contributed by atoms with Gasteiger partial charge in [0.25, 0.3) is 0 Å². The Bertz CT molecular complexity index is 501. The number of benzene rings is 1. The van der Waals surface area contributed by atoms with Gasteiger partial charge in [0, 0.05) is 19.7 Å². The molecule has 1 rings (SSSR count). The SMILES string of the molecule is CCC(C)N(CCOC)S(=O)(=O)c1ccccc1O. The normalized spacial score (nSPS) is 13.7. The largest absolute Gasteiger partial charge is 0.507 e. The number of nitrogens with zero attached hydrogens (tertiary/aromatic N) is 1. The Hall–Kier alpha value is -1.11. The highest BCUT2D eigenvalue weighted by molar-refractivity contribution is 7.89. The lowest BCUT2D eigenvalue weighted by molar-refractivity contribution is 0.167. The van der Waals surface area contributed by atoms with Gasteiger partial charge in [0.2, 0.25) is 10.0 Å². The molecule has 0 spiro atoms. The zero-order valence-electron chi connectivity index (χ0n) is 11.5. The molecule has 0 radical (unpaired) electrons. The molecule has 0 amide bonds. The van der Waals surface area contributed by atoms with Gasteiger partial charge in [-0.15, -0.1) is 0 Å². The van der Waals surface area contributed by atoms with Gasteiger partial charge < -0.3 is 9.84 Å². The number of hydrogen-bond donors (Lipinski definition) is 1. The van der Waals surface area contributed by atoms with Crippen molar-refractivity contribution in [2.24, 2.45) is 0 Å². The molecule has 0 aliphatic carbocycles. The third-order valence-electron chi connectivity index (χ3n) is 3.05. The van der Waals surface area contributed by atoms with Crippen molar-refractivity contribution in [3.05, 3.63) is 24.3 Å². The molecule has 1 atom stereocenters. The Labute approximate surface area is 114 Å². The zero-order chi connectivity index (χ0) is 14.5. The average Bonchev–Trinajstić information content (AvgIpc) is 2.38. The second-order valence-corrected chi connectivity index (χ2v) is 6.19. The lowest BCUT2D eigenvalue weighted by Crippen LogP contribution is -2.40. The average molecular weight is 287 g/mol. The van der Waals surface area contributed by atoms with Gasteiger partial charge in [-0.1, -0.05) is 19.1 Å². The summed E-state index contributed by atoms with van der Waals surface area (Å²) < 4.78 is 31.5. The van der Waals surface area contributed by atoms with Crippen molar-refractivity contribution < 1.29 is 18.3 Å². The number of ether oxygens (including phenoxy) is 1. The molecule has 0 aliphatic heterocycles. The summed E-state index contributed by atoms with van der Waals surface area (Å²) in [4.78, 5) is -0.0635. The van der Waals surface area contributed by atoms with Crippen LogP contribution < -0.4 is 0 Å². The Morgan fingerprint density at radius 1 is 1.37 bits per heavy atom. The van der Waals surface area contributed by atoms with Gasteiger partial charge in [-0.2, -0.15) is 4.31 Å². The number of phenols is 1. The molecule has 0 fully saturated rings. The fourth-order valence-corrected chi connectivity index (χ4v) is 3.54. The van der Waals surface area contributed by atoms with Crippen LogP contribution in [-0.2, 0) is 14.8 Å². The van der Waals surface area contributed by atoms with Crippen LogP contribution in [0.4, 0.5) is 0 Å². The summed E-state index contributed by atoms with van der Waals surface area (Å²) in [5.74, 6) is -0.229. The number of methoxy groups -OCH3 is 1. The molecular formula is C13H21NO4S. The van der Waals surface area contributed by atoms with E-state index in [1.165, 1.54) is 23.5 Å². The number of sulfonamides is 1. The second-order valence-electron chi connectivity index (χ2n) is 4.33. The van der Waals surface area contributed by atoms with E-state index in [1.807, 2.05) is 13.8 Å². The predicted molar refractivity (Wildman–Crippen MR) is 73.6 cm³/mol. The summed E-state index contributed by atoms with van der Waals surface area (Å²) in [6.45, 7) is 4.34. The van der Waals surface area contributed by atoms with Gasteiger partial charge >= 0.3 is 0 Å². The third kappa shape index (κ3) is 3.68. The molecule has 1 N–H and O–H groups in total. The molecule has 1 aromatic rings. The van der Waals surface area contributed by atoms with Gasteiger partial charge in [-0.05, 0) is 25.5 Å². The Morgan fingerprint density at radius 3 is 2.53 bits per heavy atom. The molecule has 6 heteroatoms. The van der Waals surface area contributed by atoms with Crippen LogP contribution in [0.1, 0.15) is 20.3 Å². The molecule has 0 saturated carbocycles. The van der Waals surface area contributed by atoms with Gasteiger partial charge in [0.1, 0.15) is 10.6 Å². The quantitative estimate of drug-likeness (QED) is 0.831. The Morgan fingerprint density at radius 2 is 2.00 bits per heavy atom. The summed E-state index contributed by atoms with van der Waals surface area (Å²) in [6, 6.07) is 5.82. The molecule has 1 aromatic carbocycles. The van der Waals surface area contributed by atoms with E-state index in [4.69, 9.17) is 4.74 Å². The molecule has 108 valence electrons. The molecule has 0 saturated heterocycles. The van der Waals surface area contributed by atoms with Crippen LogP contribution in [0.5, 0.6) is 5.75 Å². The van der Waals surface area contributed by atoms with Crippen molar-refractivity contribution in [3.8, 4) is 5.75 Å². The minimum Gasteiger partial charge on any atom is -0.507 e. The molecule has 5 nitrogen and oxygen atoms in total. The van der Waals surface area contributed by atoms with Gasteiger partial charge in [0.15, 0.2) is 0 Å². The first-order valence-corrected chi connectivity index (χ1v) is 7.68. The Kier molecular flexibility index (Phi) is 5.78. The number of rotatable bonds is 7. The van der Waals surface area contributed by atoms with E-state index in [1.54, 1.807) is 12.1 Å². The molecule has 1 unspecified atom stereocenters. The van der Waals surface area contributed by atoms with E-state index in [9.17, 15) is 13.5 Å². The highest BCUT2D eigenvalue weighted by atomic mass is 32.2.